The van der Waals surface area contributed by atoms with Crippen molar-refractivity contribution in [3.63, 3.8) is 0 Å². The Bertz CT molecular complexity index is 1010. The number of aromatic amines is 1. The molecule has 0 fully saturated rings. The molecule has 2 N–H and O–H groups in total. The van der Waals surface area contributed by atoms with Gasteiger partial charge < -0.3 is 5.32 Å². The van der Waals surface area contributed by atoms with E-state index in [-0.39, 0.29) is 23.9 Å². The number of aromatic nitrogens is 4. The van der Waals surface area contributed by atoms with Gasteiger partial charge in [-0.3, -0.25) is 19.3 Å². The first-order valence-corrected chi connectivity index (χ1v) is 9.12. The highest BCUT2D eigenvalue weighted by molar-refractivity contribution is 7.99. The van der Waals surface area contributed by atoms with E-state index >= 15 is 0 Å². The Morgan fingerprint density at radius 3 is 3.12 bits per heavy atom. The molecule has 1 aliphatic rings. The minimum Gasteiger partial charge on any atom is -0.326 e. The van der Waals surface area contributed by atoms with Crippen LogP contribution in [-0.2, 0) is 11.2 Å². The van der Waals surface area contributed by atoms with Crippen LogP contribution >= 0.6 is 11.8 Å². The number of benzene rings is 1. The van der Waals surface area contributed by atoms with E-state index in [0.29, 0.717) is 21.9 Å². The minimum atomic E-state index is -0.201. The lowest BCUT2D eigenvalue weighted by molar-refractivity contribution is -0.116. The molecule has 8 heteroatoms. The van der Waals surface area contributed by atoms with Gasteiger partial charge in [0.2, 0.25) is 5.91 Å². The number of fused-ring (bicyclic) bond motifs is 2. The molecule has 1 aliphatic heterocycles. The van der Waals surface area contributed by atoms with Crippen LogP contribution in [0.4, 0.5) is 5.69 Å². The summed E-state index contributed by atoms with van der Waals surface area (Å²) < 4.78 is 1.62. The summed E-state index contributed by atoms with van der Waals surface area (Å²) in [5.41, 5.74) is 2.27. The fourth-order valence-corrected chi connectivity index (χ4v) is 4.21. The Morgan fingerprint density at radius 1 is 1.44 bits per heavy atom. The average Bonchev–Trinajstić information content (AvgIpc) is 3.23. The molecule has 3 heterocycles. The number of carbonyl (C=O) groups excluding carboxylic acids is 1. The second-order valence-electron chi connectivity index (χ2n) is 5.93. The standard InChI is InChI=1S/C17H17N5O2S/c1-2-10-5-3-4-6-13(10)19-14(23)7-11-9-25-17-20-15-12(8-18-21-15)16(24)22(11)17/h3-6,8,11H,2,7,9H2,1H3,(H,18,21)(H,19,23). The summed E-state index contributed by atoms with van der Waals surface area (Å²) in [6.45, 7) is 2.05. The van der Waals surface area contributed by atoms with E-state index in [1.165, 1.54) is 18.0 Å². The van der Waals surface area contributed by atoms with Crippen molar-refractivity contribution in [1.82, 2.24) is 19.7 Å². The average molecular weight is 355 g/mol. The highest BCUT2D eigenvalue weighted by Crippen LogP contribution is 2.33. The highest BCUT2D eigenvalue weighted by Gasteiger charge is 2.29. The number of para-hydroxylation sites is 1. The third-order valence-electron chi connectivity index (χ3n) is 4.35. The lowest BCUT2D eigenvalue weighted by Crippen LogP contribution is -2.27. The number of carbonyl (C=O) groups is 1. The van der Waals surface area contributed by atoms with Crippen LogP contribution in [0.1, 0.15) is 24.9 Å². The third-order valence-corrected chi connectivity index (χ3v) is 5.44. The van der Waals surface area contributed by atoms with Gasteiger partial charge in [0, 0.05) is 17.9 Å². The van der Waals surface area contributed by atoms with Gasteiger partial charge in [-0.15, -0.1) is 0 Å². The second-order valence-corrected chi connectivity index (χ2v) is 6.92. The number of H-pyrrole nitrogens is 1. The normalized spacial score (nSPS) is 16.1. The summed E-state index contributed by atoms with van der Waals surface area (Å²) >= 11 is 1.49. The monoisotopic (exact) mass is 355 g/mol. The fraction of sp³-hybridized carbons (Fsp3) is 0.294. The van der Waals surface area contributed by atoms with Gasteiger partial charge in [-0.2, -0.15) is 5.10 Å². The molecule has 0 spiro atoms. The Morgan fingerprint density at radius 2 is 2.28 bits per heavy atom. The summed E-state index contributed by atoms with van der Waals surface area (Å²) in [6, 6.07) is 7.56. The van der Waals surface area contributed by atoms with E-state index in [1.54, 1.807) is 4.57 Å². The number of aryl methyl sites for hydroxylation is 1. The molecular weight excluding hydrogens is 338 g/mol. The van der Waals surface area contributed by atoms with Crippen LogP contribution in [0.2, 0.25) is 0 Å². The van der Waals surface area contributed by atoms with Crippen LogP contribution in [0.15, 0.2) is 40.4 Å². The van der Waals surface area contributed by atoms with Crippen LogP contribution < -0.4 is 10.9 Å². The first-order chi connectivity index (χ1) is 12.2. The van der Waals surface area contributed by atoms with Gasteiger partial charge in [0.25, 0.3) is 5.56 Å². The molecule has 1 aromatic carbocycles. The third kappa shape index (κ3) is 2.82. The minimum absolute atomic E-state index is 0.0986. The number of hydrogen-bond acceptors (Lipinski definition) is 5. The molecule has 7 nitrogen and oxygen atoms in total. The predicted octanol–water partition coefficient (Wildman–Crippen LogP) is 2.36. The van der Waals surface area contributed by atoms with Crippen molar-refractivity contribution in [3.8, 4) is 0 Å². The zero-order chi connectivity index (χ0) is 17.4. The smallest absolute Gasteiger partial charge is 0.265 e. The second kappa shape index (κ2) is 6.36. The quantitative estimate of drug-likeness (QED) is 0.701. The number of rotatable bonds is 4. The summed E-state index contributed by atoms with van der Waals surface area (Å²) in [5, 5.41) is 10.7. The van der Waals surface area contributed by atoms with Gasteiger partial charge in [0.05, 0.1) is 12.2 Å². The van der Waals surface area contributed by atoms with Gasteiger partial charge in [-0.25, -0.2) is 4.98 Å². The van der Waals surface area contributed by atoms with Crippen molar-refractivity contribution in [2.75, 3.05) is 11.1 Å². The van der Waals surface area contributed by atoms with Crippen molar-refractivity contribution in [3.05, 3.63) is 46.4 Å². The van der Waals surface area contributed by atoms with E-state index in [4.69, 9.17) is 0 Å². The Balaban J connectivity index is 1.57. The van der Waals surface area contributed by atoms with E-state index in [0.717, 1.165) is 17.7 Å². The molecule has 1 atom stereocenters. The molecule has 1 amide bonds. The molecule has 0 bridgehead atoms. The summed E-state index contributed by atoms with van der Waals surface area (Å²) in [7, 11) is 0. The van der Waals surface area contributed by atoms with E-state index in [1.807, 2.05) is 24.3 Å². The zero-order valence-electron chi connectivity index (χ0n) is 13.7. The van der Waals surface area contributed by atoms with Crippen molar-refractivity contribution >= 4 is 34.4 Å². The molecule has 0 aliphatic carbocycles. The first-order valence-electron chi connectivity index (χ1n) is 8.13. The van der Waals surface area contributed by atoms with Crippen molar-refractivity contribution in [2.45, 2.75) is 31.0 Å². The summed E-state index contributed by atoms with van der Waals surface area (Å²) in [5.74, 6) is 0.559. The molecule has 0 saturated carbocycles. The Labute approximate surface area is 147 Å². The first kappa shape index (κ1) is 15.9. The van der Waals surface area contributed by atoms with Crippen LogP contribution in [-0.4, -0.2) is 31.4 Å². The molecule has 2 aromatic heterocycles. The van der Waals surface area contributed by atoms with Gasteiger partial charge in [-0.1, -0.05) is 36.9 Å². The number of amides is 1. The number of nitrogens with zero attached hydrogens (tertiary/aromatic N) is 3. The molecule has 4 rings (SSSR count). The molecule has 25 heavy (non-hydrogen) atoms. The zero-order valence-corrected chi connectivity index (χ0v) is 14.5. The maximum Gasteiger partial charge on any atom is 0.265 e. The molecule has 0 saturated heterocycles. The number of hydrogen-bond donors (Lipinski definition) is 2. The molecule has 3 aromatic rings. The van der Waals surface area contributed by atoms with E-state index in [9.17, 15) is 9.59 Å². The lowest BCUT2D eigenvalue weighted by Gasteiger charge is -2.14. The van der Waals surface area contributed by atoms with E-state index in [2.05, 4.69) is 27.4 Å². The molecule has 1 unspecified atom stereocenters. The lowest BCUT2D eigenvalue weighted by atomic mass is 10.1. The fourth-order valence-electron chi connectivity index (χ4n) is 3.07. The summed E-state index contributed by atoms with van der Waals surface area (Å²) in [4.78, 5) is 29.6. The predicted molar refractivity (Wildman–Crippen MR) is 97.0 cm³/mol. The Hall–Kier alpha value is -2.61. The van der Waals surface area contributed by atoms with Crippen LogP contribution in [0.3, 0.4) is 0 Å². The van der Waals surface area contributed by atoms with E-state index < -0.39 is 0 Å². The van der Waals surface area contributed by atoms with Crippen molar-refractivity contribution < 1.29 is 4.79 Å². The largest absolute Gasteiger partial charge is 0.326 e. The van der Waals surface area contributed by atoms with Crippen molar-refractivity contribution in [1.29, 1.82) is 0 Å². The Kier molecular flexibility index (Phi) is 4.04. The van der Waals surface area contributed by atoms with Crippen LogP contribution in [0.25, 0.3) is 11.0 Å². The molecule has 128 valence electrons. The number of nitrogens with one attached hydrogen (secondary N) is 2. The maximum absolute atomic E-state index is 12.7. The maximum atomic E-state index is 12.7. The van der Waals surface area contributed by atoms with Gasteiger partial charge >= 0.3 is 0 Å². The number of thioether (sulfide) groups is 1. The summed E-state index contributed by atoms with van der Waals surface area (Å²) in [6.07, 6.45) is 2.57. The van der Waals surface area contributed by atoms with Crippen molar-refractivity contribution in [2.24, 2.45) is 0 Å². The number of anilines is 1. The molecular formula is C17H17N5O2S. The highest BCUT2D eigenvalue weighted by atomic mass is 32.2. The van der Waals surface area contributed by atoms with Crippen LogP contribution in [0, 0.1) is 0 Å². The topological polar surface area (TPSA) is 92.7 Å². The van der Waals surface area contributed by atoms with Gasteiger partial charge in [0.1, 0.15) is 5.39 Å². The van der Waals surface area contributed by atoms with Gasteiger partial charge in [0.15, 0.2) is 10.8 Å². The molecule has 0 radical (unpaired) electrons. The SMILES string of the molecule is CCc1ccccc1NC(=O)CC1CSc2nc3[nH]ncc3c(=O)n21. The van der Waals surface area contributed by atoms with Crippen LogP contribution in [0.5, 0.6) is 0 Å². The van der Waals surface area contributed by atoms with Gasteiger partial charge in [-0.05, 0) is 18.1 Å².